The molecule has 0 heterocycles. The molecule has 144 heavy (non-hydrogen) atoms. The lowest BCUT2D eigenvalue weighted by Crippen LogP contribution is -2.13. The minimum absolute atomic E-state index is 0.332. The molecule has 0 N–H and O–H groups in total. The third-order valence-corrected chi connectivity index (χ3v) is 28.6. The van der Waals surface area contributed by atoms with Crippen LogP contribution in [-0.2, 0) is 0 Å². The van der Waals surface area contributed by atoms with Crippen LogP contribution in [0.3, 0.4) is 0 Å². The minimum atomic E-state index is -0.335. The van der Waals surface area contributed by atoms with Crippen LogP contribution in [0.15, 0.2) is 461 Å². The standard InChI is InChI=1S/2C68H50F2N2/c1-43-15-11-19-49(35-43)57-39-61(69)65(41-59(57)51-21-13-17-45(3)37-51)71(53-23-7-5-8-24-53)63-33-29-47-28-32-56-64(34-30-48-27-31-55(63)67(47)68(48)56)72(54-25-9-6-10-26-54)66-42-60(52-22-14-18-46(4)38-52)58(40-62(66)70)50-20-12-16-44(2)36-50;1-43-19-11-15-27-51(43)57-39-61(69)65(41-59(57)53-29-17-13-21-45(53)3)71(49-23-7-5-8-24-49)63-37-33-47-32-36-56-64(38-34-48-31-35-55(63)67(47)68(48)56)72(50-25-9-6-10-26-50)66-42-60(54-30-18-14-22-46(54)4)58(40-62(66)70)52-28-16-12-20-44(52)2/h2*5-42H,1-4H3. The number of aryl methyl sites for hydroxylation is 8. The van der Waals surface area contributed by atoms with Crippen molar-refractivity contribution in [2.45, 2.75) is 55.4 Å². The van der Waals surface area contributed by atoms with Crippen molar-refractivity contribution in [2.24, 2.45) is 0 Å². The van der Waals surface area contributed by atoms with E-state index < -0.39 is 0 Å². The van der Waals surface area contributed by atoms with Crippen LogP contribution < -0.4 is 19.6 Å². The van der Waals surface area contributed by atoms with Gasteiger partial charge in [0.2, 0.25) is 0 Å². The Balaban J connectivity index is 0.000000159. The van der Waals surface area contributed by atoms with Crippen LogP contribution >= 0.6 is 0 Å². The van der Waals surface area contributed by atoms with Crippen molar-refractivity contribution in [3.05, 3.63) is 529 Å². The molecule has 0 aliphatic heterocycles. The fourth-order valence-corrected chi connectivity index (χ4v) is 21.8. The summed E-state index contributed by atoms with van der Waals surface area (Å²) in [5.74, 6) is -1.33. The maximum atomic E-state index is 17.6. The van der Waals surface area contributed by atoms with Crippen molar-refractivity contribution >= 4 is 133 Å². The van der Waals surface area contributed by atoms with Gasteiger partial charge in [0.05, 0.1) is 45.5 Å². The van der Waals surface area contributed by atoms with Gasteiger partial charge in [-0.15, -0.1) is 0 Å². The van der Waals surface area contributed by atoms with Gasteiger partial charge in [-0.25, -0.2) is 17.6 Å². The smallest absolute Gasteiger partial charge is 0.147 e. The summed E-state index contributed by atoms with van der Waals surface area (Å²) in [6.07, 6.45) is 0. The van der Waals surface area contributed by atoms with Crippen molar-refractivity contribution in [3.63, 3.8) is 0 Å². The molecule has 692 valence electrons. The van der Waals surface area contributed by atoms with E-state index in [2.05, 4.69) is 306 Å². The fraction of sp³-hybridized carbons (Fsp3) is 0.0588. The summed E-state index contributed by atoms with van der Waals surface area (Å²) < 4.78 is 70.3. The van der Waals surface area contributed by atoms with Gasteiger partial charge >= 0.3 is 0 Å². The highest BCUT2D eigenvalue weighted by Crippen LogP contribution is 2.56. The normalized spacial score (nSPS) is 11.5. The Bertz CT molecular complexity index is 8550. The molecule has 0 bridgehead atoms. The summed E-state index contributed by atoms with van der Waals surface area (Å²) in [6.45, 7) is 16.7. The van der Waals surface area contributed by atoms with E-state index in [1.165, 1.54) is 0 Å². The van der Waals surface area contributed by atoms with E-state index >= 15 is 17.6 Å². The molecule has 24 rings (SSSR count). The molecule has 0 unspecified atom stereocenters. The van der Waals surface area contributed by atoms with Crippen molar-refractivity contribution in [1.29, 1.82) is 0 Å². The van der Waals surface area contributed by atoms with E-state index in [-0.39, 0.29) is 23.3 Å². The lowest BCUT2D eigenvalue weighted by atomic mass is 9.89. The second kappa shape index (κ2) is 37.8. The molecule has 0 saturated carbocycles. The number of para-hydroxylation sites is 4. The Morgan fingerprint density at radius 3 is 0.569 bits per heavy atom. The summed E-state index contributed by atoms with van der Waals surface area (Å²) in [5.41, 5.74) is 32.4. The Morgan fingerprint density at radius 1 is 0.146 bits per heavy atom. The first-order chi connectivity index (χ1) is 70.4. The maximum Gasteiger partial charge on any atom is 0.147 e. The number of benzene rings is 24. The van der Waals surface area contributed by atoms with Crippen LogP contribution in [0.4, 0.5) is 85.8 Å². The Labute approximate surface area is 837 Å². The minimum Gasteiger partial charge on any atom is -0.307 e. The van der Waals surface area contributed by atoms with E-state index in [0.717, 1.165) is 244 Å². The van der Waals surface area contributed by atoms with Crippen LogP contribution in [0, 0.1) is 78.7 Å². The molecular formula is C136H100F4N4. The molecule has 0 atom stereocenters. The molecule has 0 aromatic heterocycles. The summed E-state index contributed by atoms with van der Waals surface area (Å²) in [7, 11) is 0. The second-order valence-corrected chi connectivity index (χ2v) is 38.0. The van der Waals surface area contributed by atoms with Gasteiger partial charge in [0.25, 0.3) is 0 Å². The number of anilines is 12. The second-order valence-electron chi connectivity index (χ2n) is 38.0. The van der Waals surface area contributed by atoms with Crippen LogP contribution in [0.25, 0.3) is 154 Å². The predicted molar refractivity (Wildman–Crippen MR) is 600 cm³/mol. The zero-order valence-electron chi connectivity index (χ0n) is 81.2. The lowest BCUT2D eigenvalue weighted by Gasteiger charge is -2.30. The molecule has 0 spiro atoms. The van der Waals surface area contributed by atoms with Gasteiger partial charge in [-0.05, 0) is 331 Å². The largest absolute Gasteiger partial charge is 0.307 e. The summed E-state index contributed by atoms with van der Waals surface area (Å²) in [5, 5.41) is 12.3. The SMILES string of the molecule is Cc1cccc(-c2cc(F)c(N(c3ccccc3)c3ccc4ccc5c(N(c6ccccc6)c6cc(-c7cccc(C)c7)c(-c7cccc(C)c7)cc6F)ccc6ccc3c4c65)cc2-c2cccc(C)c2)c1.Cc1ccccc1-c1cc(F)c(N(c2ccccc2)c2ccc3ccc4c(N(c5ccccc5)c5cc(-c6ccccc6C)c(-c6ccccc6C)cc5F)ccc5ccc2c3c54)cc1-c1ccccc1C. The average molecular weight is 1870 g/mol. The molecule has 24 aromatic rings. The van der Waals surface area contributed by atoms with E-state index in [9.17, 15) is 0 Å². The zero-order chi connectivity index (χ0) is 98.1. The molecule has 0 aliphatic carbocycles. The number of rotatable bonds is 20. The van der Waals surface area contributed by atoms with Crippen LogP contribution in [0.2, 0.25) is 0 Å². The number of halogens is 4. The molecule has 4 nitrogen and oxygen atoms in total. The first kappa shape index (κ1) is 90.1. The Hall–Kier alpha value is -17.7. The Kier molecular flexibility index (Phi) is 23.7. The molecule has 0 radical (unpaired) electrons. The number of hydrogen-bond donors (Lipinski definition) is 0. The first-order valence-corrected chi connectivity index (χ1v) is 49.1. The molecule has 0 aliphatic rings. The molecular weight excluding hydrogens is 1770 g/mol. The quantitative estimate of drug-likeness (QED) is 0.0557. The first-order valence-electron chi connectivity index (χ1n) is 49.1. The molecule has 0 amide bonds. The predicted octanol–water partition coefficient (Wildman–Crippen LogP) is 39.4. The monoisotopic (exact) mass is 1860 g/mol. The van der Waals surface area contributed by atoms with Crippen molar-refractivity contribution in [3.8, 4) is 89.0 Å². The van der Waals surface area contributed by atoms with Gasteiger partial charge in [0.15, 0.2) is 0 Å². The third-order valence-electron chi connectivity index (χ3n) is 28.6. The topological polar surface area (TPSA) is 13.0 Å². The third kappa shape index (κ3) is 16.5. The van der Waals surface area contributed by atoms with Gasteiger partial charge in [-0.3, -0.25) is 0 Å². The highest BCUT2D eigenvalue weighted by atomic mass is 19.1. The van der Waals surface area contributed by atoms with E-state index in [4.69, 9.17) is 0 Å². The Morgan fingerprint density at radius 2 is 0.340 bits per heavy atom. The molecule has 8 heteroatoms. The van der Waals surface area contributed by atoms with Gasteiger partial charge in [0.1, 0.15) is 23.3 Å². The van der Waals surface area contributed by atoms with Gasteiger partial charge in [-0.2, -0.15) is 0 Å². The molecule has 24 aromatic carbocycles. The summed E-state index contributed by atoms with van der Waals surface area (Å²) in [4.78, 5) is 8.27. The van der Waals surface area contributed by atoms with E-state index in [0.29, 0.717) is 22.7 Å². The summed E-state index contributed by atoms with van der Waals surface area (Å²) in [6, 6.07) is 156. The highest BCUT2D eigenvalue weighted by Gasteiger charge is 2.32. The number of nitrogens with zero attached hydrogens (tertiary/aromatic N) is 4. The average Bonchev–Trinajstić information content (AvgIpc) is 0.730. The van der Waals surface area contributed by atoms with Gasteiger partial charge in [-0.1, -0.05) is 362 Å². The van der Waals surface area contributed by atoms with Crippen molar-refractivity contribution in [2.75, 3.05) is 19.6 Å². The summed E-state index contributed by atoms with van der Waals surface area (Å²) >= 11 is 0. The number of hydrogen-bond acceptors (Lipinski definition) is 4. The van der Waals surface area contributed by atoms with Crippen LogP contribution in [0.5, 0.6) is 0 Å². The zero-order valence-corrected chi connectivity index (χ0v) is 81.2. The highest BCUT2D eigenvalue weighted by molar-refractivity contribution is 6.30. The van der Waals surface area contributed by atoms with E-state index in [1.807, 2.05) is 206 Å². The molecule has 0 saturated heterocycles. The van der Waals surface area contributed by atoms with E-state index in [1.54, 1.807) is 24.3 Å². The van der Waals surface area contributed by atoms with Gasteiger partial charge in [0, 0.05) is 44.3 Å². The fourth-order valence-electron chi connectivity index (χ4n) is 21.8. The van der Waals surface area contributed by atoms with Crippen LogP contribution in [0.1, 0.15) is 44.5 Å². The van der Waals surface area contributed by atoms with Crippen LogP contribution in [-0.4, -0.2) is 0 Å². The van der Waals surface area contributed by atoms with Crippen molar-refractivity contribution in [1.82, 2.24) is 0 Å². The van der Waals surface area contributed by atoms with Gasteiger partial charge < -0.3 is 19.6 Å². The molecule has 0 fully saturated rings. The van der Waals surface area contributed by atoms with Crippen molar-refractivity contribution < 1.29 is 17.6 Å². The lowest BCUT2D eigenvalue weighted by molar-refractivity contribution is 0.629. The maximum absolute atomic E-state index is 17.6.